The van der Waals surface area contributed by atoms with E-state index >= 15 is 0 Å². The van der Waals surface area contributed by atoms with Gasteiger partial charge in [-0.15, -0.1) is 0 Å². The van der Waals surface area contributed by atoms with Gasteiger partial charge in [0.1, 0.15) is 11.3 Å². The SMILES string of the molecule is CCc1cc2c(C)cc(=O)oc2c(CN2CCN(C(c3ccccc3)c3ccccc3)CC2)c1O. The molecule has 1 aliphatic heterocycles. The van der Waals surface area contributed by atoms with Gasteiger partial charge < -0.3 is 9.52 Å². The summed E-state index contributed by atoms with van der Waals surface area (Å²) in [5, 5.41) is 11.9. The van der Waals surface area contributed by atoms with Crippen molar-refractivity contribution in [2.75, 3.05) is 26.2 Å². The van der Waals surface area contributed by atoms with Crippen LogP contribution in [0.3, 0.4) is 0 Å². The lowest BCUT2D eigenvalue weighted by atomic mass is 9.96. The fraction of sp³-hybridized carbons (Fsp3) is 0.300. The molecule has 0 aliphatic carbocycles. The van der Waals surface area contributed by atoms with Crippen LogP contribution in [0.2, 0.25) is 0 Å². The molecule has 0 bridgehead atoms. The van der Waals surface area contributed by atoms with E-state index in [1.54, 1.807) is 0 Å². The van der Waals surface area contributed by atoms with Gasteiger partial charge in [0.05, 0.1) is 11.6 Å². The van der Waals surface area contributed by atoms with Gasteiger partial charge in [-0.05, 0) is 41.7 Å². The zero-order valence-electron chi connectivity index (χ0n) is 20.4. The van der Waals surface area contributed by atoms with Gasteiger partial charge in [-0.3, -0.25) is 9.80 Å². The van der Waals surface area contributed by atoms with Gasteiger partial charge in [-0.1, -0.05) is 67.6 Å². The molecule has 0 atom stereocenters. The Balaban J connectivity index is 1.40. The summed E-state index contributed by atoms with van der Waals surface area (Å²) in [5.41, 5.74) is 5.21. The Bertz CT molecular complexity index is 1320. The standard InChI is InChI=1S/C30H32N2O3/c1-3-22-19-25-21(2)18-27(33)35-30(25)26(29(22)34)20-31-14-16-32(17-15-31)28(23-10-6-4-7-11-23)24-12-8-5-9-13-24/h4-13,18-19,28,34H,3,14-17,20H2,1-2H3. The lowest BCUT2D eigenvalue weighted by molar-refractivity contribution is 0.104. The van der Waals surface area contributed by atoms with E-state index in [-0.39, 0.29) is 17.4 Å². The van der Waals surface area contributed by atoms with Crippen molar-refractivity contribution in [3.05, 3.63) is 111 Å². The minimum atomic E-state index is -0.377. The molecule has 180 valence electrons. The van der Waals surface area contributed by atoms with Crippen molar-refractivity contribution in [2.24, 2.45) is 0 Å². The molecule has 5 nitrogen and oxygen atoms in total. The van der Waals surface area contributed by atoms with Gasteiger partial charge >= 0.3 is 5.63 Å². The number of phenols is 1. The molecule has 1 fully saturated rings. The number of piperazine rings is 1. The molecule has 35 heavy (non-hydrogen) atoms. The van der Waals surface area contributed by atoms with Crippen LogP contribution in [0.25, 0.3) is 11.0 Å². The highest BCUT2D eigenvalue weighted by molar-refractivity contribution is 5.86. The van der Waals surface area contributed by atoms with Gasteiger partial charge in [0.15, 0.2) is 0 Å². The summed E-state index contributed by atoms with van der Waals surface area (Å²) in [6.45, 7) is 8.05. The van der Waals surface area contributed by atoms with Gasteiger partial charge in [0.2, 0.25) is 0 Å². The predicted molar refractivity (Wildman–Crippen MR) is 140 cm³/mol. The molecule has 2 heterocycles. The van der Waals surface area contributed by atoms with Crippen LogP contribution >= 0.6 is 0 Å². The predicted octanol–water partition coefficient (Wildman–Crippen LogP) is 5.28. The van der Waals surface area contributed by atoms with Crippen LogP contribution in [-0.2, 0) is 13.0 Å². The minimum absolute atomic E-state index is 0.206. The second kappa shape index (κ2) is 10.1. The fourth-order valence-electron chi connectivity index (χ4n) is 5.27. The molecule has 0 amide bonds. The Morgan fingerprint density at radius 1 is 0.914 bits per heavy atom. The lowest BCUT2D eigenvalue weighted by Crippen LogP contribution is -2.47. The first-order valence-electron chi connectivity index (χ1n) is 12.4. The molecule has 1 aliphatic rings. The van der Waals surface area contributed by atoms with Crippen LogP contribution in [0.4, 0.5) is 0 Å². The van der Waals surface area contributed by atoms with Gasteiger partial charge in [-0.25, -0.2) is 4.79 Å². The molecule has 3 aromatic carbocycles. The number of aromatic hydroxyl groups is 1. The molecule has 5 rings (SSSR count). The number of hydrogen-bond acceptors (Lipinski definition) is 5. The van der Waals surface area contributed by atoms with Crippen LogP contribution in [0, 0.1) is 6.92 Å². The van der Waals surface area contributed by atoms with E-state index < -0.39 is 0 Å². The zero-order chi connectivity index (χ0) is 24.4. The number of aryl methyl sites for hydroxylation is 2. The minimum Gasteiger partial charge on any atom is -0.507 e. The Labute approximate surface area is 206 Å². The van der Waals surface area contributed by atoms with Gasteiger partial charge in [0.25, 0.3) is 0 Å². The first-order chi connectivity index (χ1) is 17.0. The van der Waals surface area contributed by atoms with E-state index in [0.717, 1.165) is 54.7 Å². The number of fused-ring (bicyclic) bond motifs is 1. The smallest absolute Gasteiger partial charge is 0.336 e. The maximum absolute atomic E-state index is 12.1. The number of benzene rings is 3. The van der Waals surface area contributed by atoms with E-state index in [1.807, 2.05) is 19.9 Å². The Morgan fingerprint density at radius 2 is 1.51 bits per heavy atom. The Hall–Kier alpha value is -3.41. The highest BCUT2D eigenvalue weighted by Crippen LogP contribution is 2.35. The fourth-order valence-corrected chi connectivity index (χ4v) is 5.27. The highest BCUT2D eigenvalue weighted by Gasteiger charge is 2.27. The van der Waals surface area contributed by atoms with Crippen molar-refractivity contribution >= 4 is 11.0 Å². The molecule has 0 radical (unpaired) electrons. The second-order valence-electron chi connectivity index (χ2n) is 9.38. The van der Waals surface area contributed by atoms with Crippen LogP contribution in [-0.4, -0.2) is 41.1 Å². The summed E-state index contributed by atoms with van der Waals surface area (Å²) in [4.78, 5) is 17.0. The largest absolute Gasteiger partial charge is 0.507 e. The topological polar surface area (TPSA) is 56.9 Å². The van der Waals surface area contributed by atoms with Crippen LogP contribution < -0.4 is 5.63 Å². The quantitative estimate of drug-likeness (QED) is 0.391. The lowest BCUT2D eigenvalue weighted by Gasteiger charge is -2.40. The van der Waals surface area contributed by atoms with E-state index in [4.69, 9.17) is 4.42 Å². The van der Waals surface area contributed by atoms with E-state index in [2.05, 4.69) is 70.5 Å². The third kappa shape index (κ3) is 4.75. The molecule has 0 spiro atoms. The summed E-state index contributed by atoms with van der Waals surface area (Å²) in [5.74, 6) is 0.252. The van der Waals surface area contributed by atoms with Crippen molar-refractivity contribution in [2.45, 2.75) is 32.9 Å². The normalized spacial score (nSPS) is 15.2. The van der Waals surface area contributed by atoms with Crippen molar-refractivity contribution in [3.63, 3.8) is 0 Å². The number of hydrogen-bond donors (Lipinski definition) is 1. The molecule has 1 N–H and O–H groups in total. The first kappa shape index (κ1) is 23.3. The highest BCUT2D eigenvalue weighted by atomic mass is 16.4. The summed E-state index contributed by atoms with van der Waals surface area (Å²) in [7, 11) is 0. The molecule has 0 saturated carbocycles. The monoisotopic (exact) mass is 468 g/mol. The van der Waals surface area contributed by atoms with Crippen molar-refractivity contribution in [1.82, 2.24) is 9.80 Å². The first-order valence-corrected chi connectivity index (χ1v) is 12.4. The van der Waals surface area contributed by atoms with Crippen LogP contribution in [0.5, 0.6) is 5.75 Å². The third-order valence-corrected chi connectivity index (χ3v) is 7.15. The van der Waals surface area contributed by atoms with Crippen LogP contribution in [0.1, 0.15) is 40.8 Å². The molecular formula is C30H32N2O3. The molecule has 0 unspecified atom stereocenters. The van der Waals surface area contributed by atoms with E-state index in [9.17, 15) is 9.90 Å². The van der Waals surface area contributed by atoms with E-state index in [0.29, 0.717) is 12.1 Å². The summed E-state index contributed by atoms with van der Waals surface area (Å²) in [6.07, 6.45) is 0.719. The molecule has 4 aromatic rings. The maximum Gasteiger partial charge on any atom is 0.336 e. The molecule has 1 saturated heterocycles. The molecular weight excluding hydrogens is 436 g/mol. The van der Waals surface area contributed by atoms with Crippen molar-refractivity contribution < 1.29 is 9.52 Å². The second-order valence-corrected chi connectivity index (χ2v) is 9.38. The average Bonchev–Trinajstić information content (AvgIpc) is 2.88. The Morgan fingerprint density at radius 3 is 2.09 bits per heavy atom. The number of nitrogens with zero attached hydrogens (tertiary/aromatic N) is 2. The van der Waals surface area contributed by atoms with E-state index in [1.165, 1.54) is 17.2 Å². The number of rotatable bonds is 6. The average molecular weight is 469 g/mol. The zero-order valence-corrected chi connectivity index (χ0v) is 20.4. The number of phenolic OH excluding ortho intramolecular Hbond substituents is 1. The summed E-state index contributed by atoms with van der Waals surface area (Å²) < 4.78 is 5.62. The third-order valence-electron chi connectivity index (χ3n) is 7.15. The van der Waals surface area contributed by atoms with Crippen molar-refractivity contribution in [3.8, 4) is 5.75 Å². The summed E-state index contributed by atoms with van der Waals surface area (Å²) in [6, 6.07) is 25.0. The maximum atomic E-state index is 12.1. The van der Waals surface area contributed by atoms with Crippen molar-refractivity contribution in [1.29, 1.82) is 0 Å². The van der Waals surface area contributed by atoms with Gasteiger partial charge in [0, 0.05) is 44.2 Å². The summed E-state index contributed by atoms with van der Waals surface area (Å²) >= 11 is 0. The Kier molecular flexibility index (Phi) is 6.71. The molecule has 5 heteroatoms. The van der Waals surface area contributed by atoms with Gasteiger partial charge in [-0.2, -0.15) is 0 Å². The van der Waals surface area contributed by atoms with Crippen LogP contribution in [0.15, 0.2) is 82.0 Å². The molecule has 1 aromatic heterocycles.